The molecule has 0 bridgehead atoms. The maximum absolute atomic E-state index is 11.8. The number of hydrogen-bond acceptors (Lipinski definition) is 7. The summed E-state index contributed by atoms with van der Waals surface area (Å²) in [5, 5.41) is 20.4. The van der Waals surface area contributed by atoms with E-state index in [0.29, 0.717) is 5.89 Å². The van der Waals surface area contributed by atoms with Crippen LogP contribution in [0, 0.1) is 10.1 Å². The third-order valence-electron chi connectivity index (χ3n) is 2.67. The molecule has 22 heavy (non-hydrogen) atoms. The number of carbonyl (C=O) groups excluding carboxylic acids is 1. The van der Waals surface area contributed by atoms with Crippen molar-refractivity contribution in [3.05, 3.63) is 44.7 Å². The maximum atomic E-state index is 11.8. The molecule has 0 radical (unpaired) electrons. The highest BCUT2D eigenvalue weighted by Gasteiger charge is 2.14. The normalized spacial score (nSPS) is 10.7. The molecule has 0 fully saturated rings. The van der Waals surface area contributed by atoms with E-state index in [1.165, 1.54) is 0 Å². The Bertz CT molecular complexity index is 763. The Kier molecular flexibility index (Phi) is 4.30. The van der Waals surface area contributed by atoms with Crippen LogP contribution in [0.5, 0.6) is 0 Å². The van der Waals surface area contributed by atoms with Crippen LogP contribution in [-0.2, 0) is 11.3 Å². The number of rotatable bonds is 5. The van der Waals surface area contributed by atoms with Crippen LogP contribution in [0.15, 0.2) is 27.5 Å². The minimum absolute atomic E-state index is 0.0116. The minimum Gasteiger partial charge on any atom is -0.408 e. The molecule has 0 saturated carbocycles. The zero-order valence-corrected chi connectivity index (χ0v) is 11.8. The Morgan fingerprint density at radius 1 is 1.45 bits per heavy atom. The lowest BCUT2D eigenvalue weighted by Crippen LogP contribution is -2.27. The van der Waals surface area contributed by atoms with E-state index in [1.54, 1.807) is 0 Å². The van der Waals surface area contributed by atoms with Gasteiger partial charge in [0.05, 0.1) is 11.1 Å². The number of nitro groups is 1. The fourth-order valence-corrected chi connectivity index (χ4v) is 1.58. The summed E-state index contributed by atoms with van der Waals surface area (Å²) in [7, 11) is 0. The number of hydrogen-bond donors (Lipinski definition) is 1. The number of pyridine rings is 1. The molecular weight excluding hydrogens is 294 g/mol. The largest absolute Gasteiger partial charge is 0.408 e. The summed E-state index contributed by atoms with van der Waals surface area (Å²) in [4.78, 5) is 33.4. The van der Waals surface area contributed by atoms with Gasteiger partial charge in [-0.3, -0.25) is 29.6 Å². The summed E-state index contributed by atoms with van der Waals surface area (Å²) in [5.74, 6) is -0.234. The van der Waals surface area contributed by atoms with E-state index in [1.807, 2.05) is 13.8 Å². The van der Waals surface area contributed by atoms with Gasteiger partial charge >= 0.3 is 6.01 Å². The van der Waals surface area contributed by atoms with E-state index in [9.17, 15) is 19.7 Å². The number of amides is 1. The van der Waals surface area contributed by atoms with Crippen molar-refractivity contribution in [2.24, 2.45) is 0 Å². The van der Waals surface area contributed by atoms with E-state index >= 15 is 0 Å². The summed E-state index contributed by atoms with van der Waals surface area (Å²) in [6, 6.07) is 2.01. The molecule has 10 nitrogen and oxygen atoms in total. The molecule has 0 aliphatic carbocycles. The lowest BCUT2D eigenvalue weighted by molar-refractivity contribution is -0.385. The van der Waals surface area contributed by atoms with Crippen LogP contribution >= 0.6 is 0 Å². The van der Waals surface area contributed by atoms with E-state index in [0.717, 1.165) is 22.9 Å². The Balaban J connectivity index is 2.10. The highest BCUT2D eigenvalue weighted by atomic mass is 16.6. The number of anilines is 1. The molecular formula is C12H13N5O5. The van der Waals surface area contributed by atoms with Crippen molar-refractivity contribution in [1.29, 1.82) is 0 Å². The lowest BCUT2D eigenvalue weighted by atomic mass is 10.2. The van der Waals surface area contributed by atoms with Crippen LogP contribution in [0.4, 0.5) is 11.7 Å². The molecule has 0 spiro atoms. The second-order valence-electron chi connectivity index (χ2n) is 4.76. The average Bonchev–Trinajstić information content (AvgIpc) is 2.89. The first-order chi connectivity index (χ1) is 10.4. The zero-order valence-electron chi connectivity index (χ0n) is 11.8. The average molecular weight is 307 g/mol. The molecule has 0 unspecified atom stereocenters. The minimum atomic E-state index is -0.652. The molecule has 2 aromatic rings. The lowest BCUT2D eigenvalue weighted by Gasteiger charge is -2.04. The summed E-state index contributed by atoms with van der Waals surface area (Å²) < 4.78 is 6.12. The first kappa shape index (κ1) is 15.4. The van der Waals surface area contributed by atoms with Gasteiger partial charge in [-0.25, -0.2) is 0 Å². The topological polar surface area (TPSA) is 133 Å². The quantitative estimate of drug-likeness (QED) is 0.640. The smallest absolute Gasteiger partial charge is 0.322 e. The monoisotopic (exact) mass is 307 g/mol. The molecule has 0 aliphatic heterocycles. The predicted molar refractivity (Wildman–Crippen MR) is 74.4 cm³/mol. The molecule has 1 amide bonds. The maximum Gasteiger partial charge on any atom is 0.322 e. The fraction of sp³-hybridized carbons (Fsp3) is 0.333. The third kappa shape index (κ3) is 3.53. The van der Waals surface area contributed by atoms with Crippen LogP contribution in [-0.4, -0.2) is 25.6 Å². The summed E-state index contributed by atoms with van der Waals surface area (Å²) >= 11 is 0. The van der Waals surface area contributed by atoms with Gasteiger partial charge in [0.15, 0.2) is 0 Å². The van der Waals surface area contributed by atoms with E-state index in [4.69, 9.17) is 4.42 Å². The SMILES string of the molecule is CC(C)c1nnc(NC(=O)Cn2cc([N+](=O)[O-])ccc2=O)o1. The fourth-order valence-electron chi connectivity index (χ4n) is 1.58. The van der Waals surface area contributed by atoms with Crippen LogP contribution in [0.3, 0.4) is 0 Å². The van der Waals surface area contributed by atoms with Crippen LogP contribution in [0.2, 0.25) is 0 Å². The van der Waals surface area contributed by atoms with Gasteiger partial charge in [-0.15, -0.1) is 5.10 Å². The molecule has 2 rings (SSSR count). The summed E-state index contributed by atoms with van der Waals surface area (Å²) in [6.07, 6.45) is 0.995. The Labute approximate surface area is 123 Å². The second-order valence-corrected chi connectivity index (χ2v) is 4.76. The van der Waals surface area contributed by atoms with Crippen molar-refractivity contribution in [3.63, 3.8) is 0 Å². The highest BCUT2D eigenvalue weighted by molar-refractivity contribution is 5.88. The van der Waals surface area contributed by atoms with Gasteiger partial charge in [0, 0.05) is 18.1 Å². The second kappa shape index (κ2) is 6.16. The first-order valence-electron chi connectivity index (χ1n) is 6.35. The van der Waals surface area contributed by atoms with Crippen LogP contribution in [0.25, 0.3) is 0 Å². The Hall–Kier alpha value is -3.04. The standard InChI is InChI=1S/C12H13N5O5/c1-7(2)11-14-15-12(22-11)13-9(18)6-16-5-8(17(20)21)3-4-10(16)19/h3-5,7H,6H2,1-2H3,(H,13,15,18). The van der Waals surface area contributed by atoms with Crippen molar-refractivity contribution >= 4 is 17.6 Å². The van der Waals surface area contributed by atoms with Gasteiger partial charge in [-0.2, -0.15) is 0 Å². The van der Waals surface area contributed by atoms with Crippen molar-refractivity contribution in [2.75, 3.05) is 5.32 Å². The zero-order chi connectivity index (χ0) is 16.3. The molecule has 2 aromatic heterocycles. The van der Waals surface area contributed by atoms with Crippen molar-refractivity contribution in [2.45, 2.75) is 26.3 Å². The Morgan fingerprint density at radius 2 is 2.18 bits per heavy atom. The Morgan fingerprint density at radius 3 is 2.77 bits per heavy atom. The van der Waals surface area contributed by atoms with Crippen molar-refractivity contribution < 1.29 is 14.1 Å². The van der Waals surface area contributed by atoms with Gasteiger partial charge in [0.25, 0.3) is 11.2 Å². The first-order valence-corrected chi connectivity index (χ1v) is 6.35. The molecule has 0 atom stereocenters. The molecule has 116 valence electrons. The molecule has 2 heterocycles. The number of nitrogens with zero attached hydrogens (tertiary/aromatic N) is 4. The summed E-state index contributed by atoms with van der Waals surface area (Å²) in [6.45, 7) is 3.30. The number of nitrogens with one attached hydrogen (secondary N) is 1. The molecule has 0 aromatic carbocycles. The number of carbonyl (C=O) groups is 1. The van der Waals surface area contributed by atoms with Gasteiger partial charge in [0.1, 0.15) is 6.54 Å². The van der Waals surface area contributed by atoms with Gasteiger partial charge < -0.3 is 4.42 Å². The molecule has 10 heteroatoms. The van der Waals surface area contributed by atoms with Crippen molar-refractivity contribution in [1.82, 2.24) is 14.8 Å². The molecule has 0 saturated heterocycles. The van der Waals surface area contributed by atoms with Crippen LogP contribution in [0.1, 0.15) is 25.7 Å². The molecule has 0 aliphatic rings. The van der Waals surface area contributed by atoms with Gasteiger partial charge in [0.2, 0.25) is 11.8 Å². The van der Waals surface area contributed by atoms with E-state index in [-0.39, 0.29) is 17.6 Å². The molecule has 1 N–H and O–H groups in total. The number of aromatic nitrogens is 3. The third-order valence-corrected chi connectivity index (χ3v) is 2.67. The summed E-state index contributed by atoms with van der Waals surface area (Å²) in [5.41, 5.74) is -0.818. The predicted octanol–water partition coefficient (Wildman–Crippen LogP) is 0.902. The van der Waals surface area contributed by atoms with E-state index in [2.05, 4.69) is 15.5 Å². The van der Waals surface area contributed by atoms with Gasteiger partial charge in [-0.1, -0.05) is 18.9 Å². The van der Waals surface area contributed by atoms with Crippen molar-refractivity contribution in [3.8, 4) is 0 Å². The van der Waals surface area contributed by atoms with Gasteiger partial charge in [-0.05, 0) is 0 Å². The highest BCUT2D eigenvalue weighted by Crippen LogP contribution is 2.14. The van der Waals surface area contributed by atoms with E-state index < -0.39 is 22.9 Å². The van der Waals surface area contributed by atoms with Crippen LogP contribution < -0.4 is 10.9 Å².